The molecular formula is C13H20N6. The van der Waals surface area contributed by atoms with Gasteiger partial charge in [0.05, 0.1) is 11.9 Å². The van der Waals surface area contributed by atoms with Crippen molar-refractivity contribution in [1.82, 2.24) is 19.5 Å². The summed E-state index contributed by atoms with van der Waals surface area (Å²) in [6, 6.07) is 4.47. The number of likely N-dealkylation sites (N-methyl/N-ethyl adjacent to an activating group) is 1. The van der Waals surface area contributed by atoms with Crippen LogP contribution in [0.25, 0.3) is 5.65 Å². The maximum absolute atomic E-state index is 5.55. The van der Waals surface area contributed by atoms with Crippen molar-refractivity contribution in [1.29, 1.82) is 0 Å². The highest BCUT2D eigenvalue weighted by atomic mass is 15.3. The van der Waals surface area contributed by atoms with Gasteiger partial charge in [0.25, 0.3) is 0 Å². The van der Waals surface area contributed by atoms with Crippen LogP contribution in [0.2, 0.25) is 0 Å². The van der Waals surface area contributed by atoms with Crippen LogP contribution in [0.1, 0.15) is 12.1 Å². The minimum Gasteiger partial charge on any atom is -0.365 e. The molecule has 6 heteroatoms. The molecule has 1 saturated heterocycles. The van der Waals surface area contributed by atoms with Crippen LogP contribution in [-0.4, -0.2) is 52.2 Å². The van der Waals surface area contributed by atoms with Crippen molar-refractivity contribution in [2.45, 2.75) is 18.9 Å². The molecule has 0 bridgehead atoms. The zero-order valence-electron chi connectivity index (χ0n) is 11.2. The minimum atomic E-state index is 0.488. The lowest BCUT2D eigenvalue weighted by Crippen LogP contribution is -2.24. The highest BCUT2D eigenvalue weighted by Gasteiger charge is 2.19. The van der Waals surface area contributed by atoms with Gasteiger partial charge < -0.3 is 16.0 Å². The number of rotatable bonds is 4. The Balaban J connectivity index is 1.77. The number of likely N-dealkylation sites (tertiary alicyclic amines) is 1. The second-order valence-corrected chi connectivity index (χ2v) is 5.18. The summed E-state index contributed by atoms with van der Waals surface area (Å²) >= 11 is 0. The van der Waals surface area contributed by atoms with E-state index < -0.39 is 0 Å². The molecule has 0 saturated carbocycles. The SMILES string of the molecule is CN1CCC(Nc2ccc3nc(CCN)cn3n2)C1. The number of nitrogens with one attached hydrogen (secondary N) is 1. The first-order valence-electron chi connectivity index (χ1n) is 6.75. The van der Waals surface area contributed by atoms with E-state index in [9.17, 15) is 0 Å². The van der Waals surface area contributed by atoms with Crippen molar-refractivity contribution in [2.75, 3.05) is 32.0 Å². The number of hydrogen-bond acceptors (Lipinski definition) is 5. The molecule has 0 amide bonds. The summed E-state index contributed by atoms with van der Waals surface area (Å²) in [5, 5.41) is 8.03. The van der Waals surface area contributed by atoms with Gasteiger partial charge in [-0.25, -0.2) is 9.50 Å². The highest BCUT2D eigenvalue weighted by Crippen LogP contribution is 2.14. The maximum Gasteiger partial charge on any atom is 0.153 e. The molecule has 102 valence electrons. The molecule has 0 spiro atoms. The third kappa shape index (κ3) is 2.69. The molecular weight excluding hydrogens is 240 g/mol. The Kier molecular flexibility index (Phi) is 3.35. The molecule has 1 unspecified atom stereocenters. The standard InChI is InChI=1S/C13H20N6/c1-18-7-5-11(8-18)15-12-2-3-13-16-10(4-6-14)9-19(13)17-12/h2-3,9,11H,4-8,14H2,1H3,(H,15,17). The van der Waals surface area contributed by atoms with E-state index in [1.165, 1.54) is 6.42 Å². The van der Waals surface area contributed by atoms with Gasteiger partial charge in [-0.2, -0.15) is 0 Å². The van der Waals surface area contributed by atoms with E-state index in [2.05, 4.69) is 27.3 Å². The predicted octanol–water partition coefficient (Wildman–Crippen LogP) is 0.347. The van der Waals surface area contributed by atoms with Gasteiger partial charge in [0.1, 0.15) is 5.82 Å². The first kappa shape index (κ1) is 12.4. The van der Waals surface area contributed by atoms with E-state index >= 15 is 0 Å². The van der Waals surface area contributed by atoms with Gasteiger partial charge in [-0.3, -0.25) is 0 Å². The maximum atomic E-state index is 5.55. The van der Waals surface area contributed by atoms with Gasteiger partial charge in [-0.1, -0.05) is 0 Å². The van der Waals surface area contributed by atoms with Crippen LogP contribution in [0.3, 0.4) is 0 Å². The van der Waals surface area contributed by atoms with E-state index in [4.69, 9.17) is 5.73 Å². The Morgan fingerprint density at radius 2 is 2.37 bits per heavy atom. The average Bonchev–Trinajstić information content (AvgIpc) is 2.95. The van der Waals surface area contributed by atoms with Crippen LogP contribution in [0.15, 0.2) is 18.3 Å². The number of nitrogens with two attached hydrogens (primary N) is 1. The predicted molar refractivity (Wildman–Crippen MR) is 75.3 cm³/mol. The monoisotopic (exact) mass is 260 g/mol. The molecule has 3 N–H and O–H groups in total. The largest absolute Gasteiger partial charge is 0.365 e. The molecule has 0 aromatic carbocycles. The Morgan fingerprint density at radius 1 is 1.47 bits per heavy atom. The normalized spacial score (nSPS) is 20.2. The van der Waals surface area contributed by atoms with Gasteiger partial charge in [0.2, 0.25) is 0 Å². The van der Waals surface area contributed by atoms with E-state index in [1.54, 1.807) is 0 Å². The second-order valence-electron chi connectivity index (χ2n) is 5.18. The summed E-state index contributed by atoms with van der Waals surface area (Å²) in [7, 11) is 2.15. The number of imidazole rings is 1. The third-order valence-electron chi connectivity index (χ3n) is 3.51. The molecule has 19 heavy (non-hydrogen) atoms. The molecule has 6 nitrogen and oxygen atoms in total. The van der Waals surface area contributed by atoms with Crippen LogP contribution < -0.4 is 11.1 Å². The van der Waals surface area contributed by atoms with Crippen LogP contribution in [0.5, 0.6) is 0 Å². The quantitative estimate of drug-likeness (QED) is 0.830. The smallest absolute Gasteiger partial charge is 0.153 e. The van der Waals surface area contributed by atoms with Crippen molar-refractivity contribution < 1.29 is 0 Å². The third-order valence-corrected chi connectivity index (χ3v) is 3.51. The highest BCUT2D eigenvalue weighted by molar-refractivity contribution is 5.45. The first-order valence-corrected chi connectivity index (χ1v) is 6.75. The number of hydrogen-bond donors (Lipinski definition) is 2. The minimum absolute atomic E-state index is 0.488. The summed E-state index contributed by atoms with van der Waals surface area (Å²) in [6.07, 6.45) is 3.91. The van der Waals surface area contributed by atoms with Crippen molar-refractivity contribution in [3.63, 3.8) is 0 Å². The summed E-state index contributed by atoms with van der Waals surface area (Å²) < 4.78 is 1.83. The van der Waals surface area contributed by atoms with Crippen molar-refractivity contribution in [2.24, 2.45) is 5.73 Å². The Labute approximate surface area is 112 Å². The second kappa shape index (κ2) is 5.14. The number of fused-ring (bicyclic) bond motifs is 1. The van der Waals surface area contributed by atoms with Crippen molar-refractivity contribution in [3.8, 4) is 0 Å². The molecule has 3 rings (SSSR count). The van der Waals surface area contributed by atoms with Gasteiger partial charge in [-0.15, -0.1) is 5.10 Å². The number of anilines is 1. The van der Waals surface area contributed by atoms with Gasteiger partial charge in [0, 0.05) is 19.0 Å². The average molecular weight is 260 g/mol. The number of aromatic nitrogens is 3. The van der Waals surface area contributed by atoms with Gasteiger partial charge in [-0.05, 0) is 38.7 Å². The van der Waals surface area contributed by atoms with Crippen LogP contribution in [-0.2, 0) is 6.42 Å². The van der Waals surface area contributed by atoms with Gasteiger partial charge in [0.15, 0.2) is 5.65 Å². The molecule has 1 atom stereocenters. The molecule has 0 radical (unpaired) electrons. The molecule has 2 aromatic heterocycles. The van der Waals surface area contributed by atoms with E-state index in [0.29, 0.717) is 12.6 Å². The molecule has 0 aliphatic carbocycles. The zero-order chi connectivity index (χ0) is 13.2. The van der Waals surface area contributed by atoms with Crippen molar-refractivity contribution in [3.05, 3.63) is 24.0 Å². The molecule has 1 aliphatic heterocycles. The van der Waals surface area contributed by atoms with Crippen LogP contribution in [0.4, 0.5) is 5.82 Å². The van der Waals surface area contributed by atoms with Crippen molar-refractivity contribution >= 4 is 11.5 Å². The van der Waals surface area contributed by atoms with Crippen LogP contribution in [0, 0.1) is 0 Å². The van der Waals surface area contributed by atoms with Crippen LogP contribution >= 0.6 is 0 Å². The Morgan fingerprint density at radius 3 is 3.11 bits per heavy atom. The first-order chi connectivity index (χ1) is 9.24. The van der Waals surface area contributed by atoms with E-state index in [-0.39, 0.29) is 0 Å². The summed E-state index contributed by atoms with van der Waals surface area (Å²) in [5.41, 5.74) is 7.41. The fourth-order valence-corrected chi connectivity index (χ4v) is 2.54. The lowest BCUT2D eigenvalue weighted by molar-refractivity contribution is 0.414. The number of nitrogens with zero attached hydrogens (tertiary/aromatic N) is 4. The Bertz CT molecular complexity index is 563. The summed E-state index contributed by atoms with van der Waals surface area (Å²) in [4.78, 5) is 6.80. The summed E-state index contributed by atoms with van der Waals surface area (Å²) in [5.74, 6) is 0.907. The molecule has 1 fully saturated rings. The summed E-state index contributed by atoms with van der Waals surface area (Å²) in [6.45, 7) is 2.83. The fraction of sp³-hybridized carbons (Fsp3) is 0.538. The topological polar surface area (TPSA) is 71.5 Å². The lowest BCUT2D eigenvalue weighted by Gasteiger charge is -2.13. The molecule has 1 aliphatic rings. The Hall–Kier alpha value is -1.66. The van der Waals surface area contributed by atoms with E-state index in [1.807, 2.05) is 22.8 Å². The molecule has 2 aromatic rings. The lowest BCUT2D eigenvalue weighted by atomic mass is 10.2. The fourth-order valence-electron chi connectivity index (χ4n) is 2.54. The zero-order valence-corrected chi connectivity index (χ0v) is 11.2. The van der Waals surface area contributed by atoms with Gasteiger partial charge >= 0.3 is 0 Å². The molecule has 3 heterocycles. The van der Waals surface area contributed by atoms with E-state index in [0.717, 1.165) is 36.7 Å².